The Hall–Kier alpha value is -2.83. The van der Waals surface area contributed by atoms with E-state index in [-0.39, 0.29) is 47.9 Å². The maximum absolute atomic E-state index is 12.2. The molecule has 0 atom stereocenters. The summed E-state index contributed by atoms with van der Waals surface area (Å²) in [4.78, 5) is 17.1. The first-order valence-corrected chi connectivity index (χ1v) is 20.0. The summed E-state index contributed by atoms with van der Waals surface area (Å²) in [6.45, 7) is 23.3. The summed E-state index contributed by atoms with van der Waals surface area (Å²) < 4.78 is 10.2. The van der Waals surface area contributed by atoms with Crippen molar-refractivity contribution in [2.45, 2.75) is 120 Å². The minimum atomic E-state index is -0.337. The molecule has 4 aromatic heterocycles. The predicted octanol–water partition coefficient (Wildman–Crippen LogP) is 14.1. The zero-order chi connectivity index (χ0) is 36.6. The molecule has 0 saturated heterocycles. The van der Waals surface area contributed by atoms with Crippen LogP contribution in [-0.4, -0.2) is 15.9 Å². The molecule has 0 amide bonds. The standard InChI is InChI=1S/C29H26NOS2.C15H28O2.Ir/c1-6-7-20-16(2)24-21(31-20)8-9-22-25(24)26-23(33-22)10-12-30-27(26)18-14-17-11-13-32-28(17)19(15-18)29(3,4)5;1-7-14(5,8-2)12(16)11-13(17)15(6,9-3)10-4;/h8-13,15H,6-7H2,1-5H3;11,16H,7-10H2,1-6H3;/q-1;;/b;12-11-;. The van der Waals surface area contributed by atoms with Gasteiger partial charge in [-0.1, -0.05) is 80.4 Å². The van der Waals surface area contributed by atoms with Gasteiger partial charge in [0.2, 0.25) is 0 Å². The van der Waals surface area contributed by atoms with Crippen molar-refractivity contribution in [3.8, 4) is 11.3 Å². The number of aromatic nitrogens is 1. The number of aliphatic hydroxyl groups is 1. The molecular weight excluding hydrogens is 847 g/mol. The van der Waals surface area contributed by atoms with Crippen molar-refractivity contribution in [3.63, 3.8) is 0 Å². The third-order valence-electron chi connectivity index (χ3n) is 11.1. The summed E-state index contributed by atoms with van der Waals surface area (Å²) in [7, 11) is 0. The van der Waals surface area contributed by atoms with Crippen molar-refractivity contribution >= 4 is 69.7 Å². The first kappa shape index (κ1) is 40.9. The van der Waals surface area contributed by atoms with Crippen molar-refractivity contribution < 1.29 is 34.4 Å². The maximum atomic E-state index is 12.2. The summed E-state index contributed by atoms with van der Waals surface area (Å²) in [5.74, 6) is 1.39. The molecular formula is C44H54IrNO3S2-. The van der Waals surface area contributed by atoms with Gasteiger partial charge in [-0.05, 0) is 83.7 Å². The normalized spacial score (nSPS) is 12.8. The van der Waals surface area contributed by atoms with Gasteiger partial charge in [0.1, 0.15) is 17.1 Å². The van der Waals surface area contributed by atoms with Gasteiger partial charge in [-0.2, -0.15) is 11.3 Å². The number of pyridine rings is 1. The van der Waals surface area contributed by atoms with Crippen molar-refractivity contribution in [2.24, 2.45) is 10.8 Å². The molecule has 4 nitrogen and oxygen atoms in total. The smallest absolute Gasteiger partial charge is 0.164 e. The van der Waals surface area contributed by atoms with E-state index in [2.05, 4.69) is 76.4 Å². The van der Waals surface area contributed by atoms with Crippen LogP contribution in [0.3, 0.4) is 0 Å². The van der Waals surface area contributed by atoms with Crippen LogP contribution in [0.15, 0.2) is 58.2 Å². The van der Waals surface area contributed by atoms with E-state index in [1.807, 2.05) is 59.1 Å². The Morgan fingerprint density at radius 1 is 0.902 bits per heavy atom. The van der Waals surface area contributed by atoms with Gasteiger partial charge in [-0.25, -0.2) is 0 Å². The molecule has 0 aliphatic carbocycles. The molecule has 6 rings (SSSR count). The van der Waals surface area contributed by atoms with Gasteiger partial charge in [0.25, 0.3) is 0 Å². The molecule has 6 aromatic rings. The van der Waals surface area contributed by atoms with E-state index in [0.717, 1.165) is 61.1 Å². The number of aryl methyl sites for hydroxylation is 2. The quantitative estimate of drug-likeness (QED) is 0.0845. The van der Waals surface area contributed by atoms with Crippen molar-refractivity contribution in [1.82, 2.24) is 4.98 Å². The Kier molecular flexibility index (Phi) is 12.9. The van der Waals surface area contributed by atoms with Crippen LogP contribution in [0.1, 0.15) is 118 Å². The molecule has 4 heterocycles. The molecule has 0 bridgehead atoms. The minimum absolute atomic E-state index is 0. The summed E-state index contributed by atoms with van der Waals surface area (Å²) >= 11 is 3.64. The number of aliphatic hydroxyl groups excluding tert-OH is 1. The largest absolute Gasteiger partial charge is 0.512 e. The number of benzene rings is 2. The number of allylic oxidation sites excluding steroid dienone is 2. The molecule has 1 radical (unpaired) electrons. The summed E-state index contributed by atoms with van der Waals surface area (Å²) in [5, 5.41) is 17.2. The molecule has 275 valence electrons. The number of rotatable bonds is 10. The average molecular weight is 901 g/mol. The van der Waals surface area contributed by atoms with Crippen LogP contribution in [0.2, 0.25) is 0 Å². The van der Waals surface area contributed by atoms with Crippen molar-refractivity contribution in [3.05, 3.63) is 76.7 Å². The first-order valence-electron chi connectivity index (χ1n) is 18.3. The zero-order valence-electron chi connectivity index (χ0n) is 32.2. The van der Waals surface area contributed by atoms with E-state index in [4.69, 9.17) is 9.40 Å². The third kappa shape index (κ3) is 7.79. The first-order chi connectivity index (χ1) is 23.7. The Labute approximate surface area is 326 Å². The number of carbonyl (C=O) groups is 1. The van der Waals surface area contributed by atoms with E-state index in [1.165, 1.54) is 52.8 Å². The monoisotopic (exact) mass is 901 g/mol. The number of carbonyl (C=O) groups excluding carboxylic acids is 1. The van der Waals surface area contributed by atoms with Gasteiger partial charge in [-0.3, -0.25) is 9.78 Å². The molecule has 2 aromatic carbocycles. The van der Waals surface area contributed by atoms with Crippen LogP contribution in [0.5, 0.6) is 0 Å². The van der Waals surface area contributed by atoms with Crippen LogP contribution >= 0.6 is 22.7 Å². The topological polar surface area (TPSA) is 63.3 Å². The van der Waals surface area contributed by atoms with Gasteiger partial charge in [0, 0.05) is 75.5 Å². The number of fused-ring (bicyclic) bond motifs is 6. The molecule has 1 N–H and O–H groups in total. The fourth-order valence-electron chi connectivity index (χ4n) is 6.64. The summed E-state index contributed by atoms with van der Waals surface area (Å²) in [5.41, 5.74) is 5.13. The molecule has 7 heteroatoms. The minimum Gasteiger partial charge on any atom is -0.512 e. The number of nitrogens with zero attached hydrogens (tertiary/aromatic N) is 1. The van der Waals surface area contributed by atoms with Crippen LogP contribution in [0, 0.1) is 23.8 Å². The molecule has 0 spiro atoms. The van der Waals surface area contributed by atoms with Gasteiger partial charge >= 0.3 is 0 Å². The van der Waals surface area contributed by atoms with E-state index in [0.29, 0.717) is 0 Å². The van der Waals surface area contributed by atoms with Gasteiger partial charge in [0.15, 0.2) is 5.78 Å². The van der Waals surface area contributed by atoms with E-state index < -0.39 is 0 Å². The fraction of sp³-hybridized carbons (Fsp3) is 0.455. The van der Waals surface area contributed by atoms with Gasteiger partial charge in [0.05, 0.1) is 0 Å². The van der Waals surface area contributed by atoms with E-state index in [9.17, 15) is 9.90 Å². The number of hydrogen-bond acceptors (Lipinski definition) is 6. The third-order valence-corrected chi connectivity index (χ3v) is 13.2. The van der Waals surface area contributed by atoms with Gasteiger partial charge < -0.3 is 9.52 Å². The Balaban J connectivity index is 0.000000279. The second-order valence-electron chi connectivity index (χ2n) is 15.3. The van der Waals surface area contributed by atoms with Crippen LogP contribution in [0.4, 0.5) is 0 Å². The SMILES string of the molecule is CCC(C)(CC)C(=O)/C=C(\O)C(C)(CC)CC.CCCc1oc2ccc3sc4ccnc(-c5[c-]c6ccsc6c(C(C)(C)C)c5)c4c3c2c1C.[Ir]. The zero-order valence-corrected chi connectivity index (χ0v) is 36.3. The van der Waals surface area contributed by atoms with E-state index >= 15 is 0 Å². The van der Waals surface area contributed by atoms with Crippen molar-refractivity contribution in [1.29, 1.82) is 0 Å². The average Bonchev–Trinajstić information content (AvgIpc) is 3.82. The summed E-state index contributed by atoms with van der Waals surface area (Å²) in [6, 6.07) is 14.7. The summed E-state index contributed by atoms with van der Waals surface area (Å²) in [6.07, 6.45) is 8.74. The Morgan fingerprint density at radius 3 is 2.16 bits per heavy atom. The number of ketones is 1. The van der Waals surface area contributed by atoms with Crippen molar-refractivity contribution in [2.75, 3.05) is 0 Å². The van der Waals surface area contributed by atoms with Crippen LogP contribution < -0.4 is 0 Å². The molecule has 0 unspecified atom stereocenters. The maximum Gasteiger partial charge on any atom is 0.164 e. The number of furan rings is 1. The predicted molar refractivity (Wildman–Crippen MR) is 217 cm³/mol. The number of thiophene rings is 2. The van der Waals surface area contributed by atoms with Crippen LogP contribution in [-0.2, 0) is 36.7 Å². The molecule has 0 saturated carbocycles. The fourth-order valence-corrected chi connectivity index (χ4v) is 8.83. The Bertz CT molecular complexity index is 2180. The van der Waals surface area contributed by atoms with E-state index in [1.54, 1.807) is 11.3 Å². The molecule has 51 heavy (non-hydrogen) atoms. The molecule has 0 aliphatic heterocycles. The molecule has 0 fully saturated rings. The van der Waals surface area contributed by atoms with Gasteiger partial charge in [-0.15, -0.1) is 34.9 Å². The Morgan fingerprint density at radius 2 is 1.55 bits per heavy atom. The molecule has 0 aliphatic rings. The number of hydrogen-bond donors (Lipinski definition) is 1. The second kappa shape index (κ2) is 16.0. The van der Waals surface area contributed by atoms with Crippen LogP contribution in [0.25, 0.3) is 52.5 Å². The second-order valence-corrected chi connectivity index (χ2v) is 17.3.